The number of nitrogens with one attached hydrogen (secondary N) is 2. The molecule has 0 aliphatic carbocycles. The molecule has 0 aliphatic heterocycles. The molecule has 0 aromatic heterocycles. The lowest BCUT2D eigenvalue weighted by atomic mass is 10.3. The third-order valence-electron chi connectivity index (χ3n) is 2.38. The molecule has 2 N–H and O–H groups in total. The van der Waals surface area contributed by atoms with Crippen molar-refractivity contribution in [2.75, 3.05) is 25.1 Å². The Morgan fingerprint density at radius 1 is 1.32 bits per heavy atom. The van der Waals surface area contributed by atoms with Crippen molar-refractivity contribution < 1.29 is 9.53 Å². The summed E-state index contributed by atoms with van der Waals surface area (Å²) in [5.74, 6) is -0.126. The van der Waals surface area contributed by atoms with Crippen LogP contribution in [0, 0.1) is 0 Å². The molecule has 0 unspecified atom stereocenters. The highest BCUT2D eigenvalue weighted by Crippen LogP contribution is 2.13. The highest BCUT2D eigenvalue weighted by molar-refractivity contribution is 9.10. The zero-order valence-electron chi connectivity index (χ0n) is 11.4. The molecule has 19 heavy (non-hydrogen) atoms. The van der Waals surface area contributed by atoms with E-state index in [0.29, 0.717) is 12.6 Å². The summed E-state index contributed by atoms with van der Waals surface area (Å²) < 4.78 is 6.30. The second kappa shape index (κ2) is 9.07. The van der Waals surface area contributed by atoms with Crippen LogP contribution in [0.25, 0.3) is 0 Å². The van der Waals surface area contributed by atoms with Crippen LogP contribution in [0.15, 0.2) is 28.7 Å². The van der Waals surface area contributed by atoms with Gasteiger partial charge in [-0.25, -0.2) is 0 Å². The van der Waals surface area contributed by atoms with Crippen molar-refractivity contribution in [1.82, 2.24) is 5.32 Å². The number of hydrogen-bond acceptors (Lipinski definition) is 3. The smallest absolute Gasteiger partial charge is 0.250 e. The molecule has 0 spiro atoms. The molecule has 5 heteroatoms. The summed E-state index contributed by atoms with van der Waals surface area (Å²) in [6, 6.07) is 7.94. The molecule has 4 nitrogen and oxygen atoms in total. The summed E-state index contributed by atoms with van der Waals surface area (Å²) in [6.45, 7) is 5.80. The SMILES string of the molecule is CC(C)NCCCOCC(=O)Nc1ccc(Br)cc1. The van der Waals surface area contributed by atoms with Crippen molar-refractivity contribution in [3.63, 3.8) is 0 Å². The van der Waals surface area contributed by atoms with E-state index in [1.165, 1.54) is 0 Å². The van der Waals surface area contributed by atoms with Gasteiger partial charge in [0.05, 0.1) is 0 Å². The average Bonchev–Trinajstić information content (AvgIpc) is 2.36. The predicted molar refractivity (Wildman–Crippen MR) is 81.3 cm³/mol. The van der Waals surface area contributed by atoms with E-state index < -0.39 is 0 Å². The molecular weight excluding hydrogens is 308 g/mol. The fraction of sp³-hybridized carbons (Fsp3) is 0.500. The Morgan fingerprint density at radius 2 is 2.00 bits per heavy atom. The lowest BCUT2D eigenvalue weighted by Crippen LogP contribution is -2.25. The normalized spacial score (nSPS) is 10.7. The number of benzene rings is 1. The lowest BCUT2D eigenvalue weighted by Gasteiger charge is -2.08. The van der Waals surface area contributed by atoms with Gasteiger partial charge in [-0.2, -0.15) is 0 Å². The first kappa shape index (κ1) is 16.1. The molecule has 0 radical (unpaired) electrons. The van der Waals surface area contributed by atoms with Gasteiger partial charge in [0.1, 0.15) is 6.61 Å². The Kier molecular flexibility index (Phi) is 7.70. The van der Waals surface area contributed by atoms with E-state index in [1.807, 2.05) is 24.3 Å². The first-order valence-electron chi connectivity index (χ1n) is 6.44. The molecule has 0 saturated carbocycles. The topological polar surface area (TPSA) is 50.4 Å². The summed E-state index contributed by atoms with van der Waals surface area (Å²) in [5.41, 5.74) is 0.776. The Morgan fingerprint density at radius 3 is 2.63 bits per heavy atom. The predicted octanol–water partition coefficient (Wildman–Crippen LogP) is 2.79. The quantitative estimate of drug-likeness (QED) is 0.721. The van der Waals surface area contributed by atoms with Gasteiger partial charge in [-0.1, -0.05) is 29.8 Å². The van der Waals surface area contributed by atoms with Gasteiger partial charge in [0.2, 0.25) is 5.91 Å². The molecule has 0 atom stereocenters. The summed E-state index contributed by atoms with van der Waals surface area (Å²) in [5, 5.41) is 6.07. The van der Waals surface area contributed by atoms with Gasteiger partial charge >= 0.3 is 0 Å². The van der Waals surface area contributed by atoms with E-state index in [9.17, 15) is 4.79 Å². The fourth-order valence-corrected chi connectivity index (χ4v) is 1.72. The zero-order valence-corrected chi connectivity index (χ0v) is 13.0. The third kappa shape index (κ3) is 7.97. The van der Waals surface area contributed by atoms with Crippen LogP contribution in [0.5, 0.6) is 0 Å². The number of anilines is 1. The first-order valence-corrected chi connectivity index (χ1v) is 7.24. The van der Waals surface area contributed by atoms with Crippen LogP contribution in [0.1, 0.15) is 20.3 Å². The molecule has 0 bridgehead atoms. The Hall–Kier alpha value is -0.910. The maximum Gasteiger partial charge on any atom is 0.250 e. The van der Waals surface area contributed by atoms with Crippen LogP contribution < -0.4 is 10.6 Å². The number of rotatable bonds is 8. The van der Waals surface area contributed by atoms with Crippen LogP contribution in [0.3, 0.4) is 0 Å². The number of carbonyl (C=O) groups excluding carboxylic acids is 1. The standard InChI is InChI=1S/C14H21BrN2O2/c1-11(2)16-8-3-9-19-10-14(18)17-13-6-4-12(15)5-7-13/h4-7,11,16H,3,8-10H2,1-2H3,(H,17,18). The van der Waals surface area contributed by atoms with Gasteiger partial charge in [-0.05, 0) is 37.2 Å². The molecule has 0 aliphatic rings. The molecule has 1 aromatic carbocycles. The molecular formula is C14H21BrN2O2. The largest absolute Gasteiger partial charge is 0.372 e. The summed E-state index contributed by atoms with van der Waals surface area (Å²) >= 11 is 3.34. The van der Waals surface area contributed by atoms with Crippen molar-refractivity contribution in [3.8, 4) is 0 Å². The van der Waals surface area contributed by atoms with Gasteiger partial charge in [0, 0.05) is 22.8 Å². The van der Waals surface area contributed by atoms with Gasteiger partial charge in [-0.15, -0.1) is 0 Å². The highest BCUT2D eigenvalue weighted by Gasteiger charge is 2.02. The lowest BCUT2D eigenvalue weighted by molar-refractivity contribution is -0.120. The summed E-state index contributed by atoms with van der Waals surface area (Å²) in [7, 11) is 0. The number of hydrogen-bond donors (Lipinski definition) is 2. The molecule has 106 valence electrons. The minimum atomic E-state index is -0.126. The van der Waals surface area contributed by atoms with Crippen molar-refractivity contribution in [2.45, 2.75) is 26.3 Å². The van der Waals surface area contributed by atoms with Crippen molar-refractivity contribution >= 4 is 27.5 Å². The number of ether oxygens (including phenoxy) is 1. The number of halogens is 1. The molecule has 1 aromatic rings. The third-order valence-corrected chi connectivity index (χ3v) is 2.91. The Labute approximate surface area is 123 Å². The zero-order chi connectivity index (χ0) is 14.1. The van der Waals surface area contributed by atoms with Crippen molar-refractivity contribution in [2.24, 2.45) is 0 Å². The van der Waals surface area contributed by atoms with Crippen molar-refractivity contribution in [1.29, 1.82) is 0 Å². The maximum atomic E-state index is 11.6. The average molecular weight is 329 g/mol. The van der Waals surface area contributed by atoms with E-state index in [1.54, 1.807) is 0 Å². The number of carbonyl (C=O) groups is 1. The van der Waals surface area contributed by atoms with Crippen LogP contribution in [0.2, 0.25) is 0 Å². The maximum absolute atomic E-state index is 11.6. The fourth-order valence-electron chi connectivity index (χ4n) is 1.46. The minimum absolute atomic E-state index is 0.0950. The monoisotopic (exact) mass is 328 g/mol. The Bertz CT molecular complexity index is 380. The minimum Gasteiger partial charge on any atom is -0.372 e. The molecule has 1 amide bonds. The van der Waals surface area contributed by atoms with E-state index >= 15 is 0 Å². The van der Waals surface area contributed by atoms with E-state index in [-0.39, 0.29) is 12.5 Å². The molecule has 0 saturated heterocycles. The molecule has 1 rings (SSSR count). The van der Waals surface area contributed by atoms with E-state index in [4.69, 9.17) is 4.74 Å². The second-order valence-electron chi connectivity index (χ2n) is 4.57. The van der Waals surface area contributed by atoms with E-state index in [0.717, 1.165) is 23.1 Å². The molecule has 0 fully saturated rings. The van der Waals surface area contributed by atoms with E-state index in [2.05, 4.69) is 40.4 Å². The second-order valence-corrected chi connectivity index (χ2v) is 5.49. The first-order chi connectivity index (χ1) is 9.08. The highest BCUT2D eigenvalue weighted by atomic mass is 79.9. The van der Waals surface area contributed by atoms with Crippen LogP contribution in [0.4, 0.5) is 5.69 Å². The van der Waals surface area contributed by atoms with Gasteiger partial charge in [0.25, 0.3) is 0 Å². The van der Waals surface area contributed by atoms with Gasteiger partial charge in [-0.3, -0.25) is 4.79 Å². The summed E-state index contributed by atoms with van der Waals surface area (Å²) in [4.78, 5) is 11.6. The molecule has 0 heterocycles. The number of amides is 1. The van der Waals surface area contributed by atoms with Gasteiger partial charge in [0.15, 0.2) is 0 Å². The summed E-state index contributed by atoms with van der Waals surface area (Å²) in [6.07, 6.45) is 0.906. The van der Waals surface area contributed by atoms with Crippen LogP contribution in [-0.4, -0.2) is 31.7 Å². The van der Waals surface area contributed by atoms with Crippen molar-refractivity contribution in [3.05, 3.63) is 28.7 Å². The van der Waals surface area contributed by atoms with Crippen LogP contribution in [-0.2, 0) is 9.53 Å². The van der Waals surface area contributed by atoms with Gasteiger partial charge < -0.3 is 15.4 Å². The Balaban J connectivity index is 2.09. The van der Waals surface area contributed by atoms with Crippen LogP contribution >= 0.6 is 15.9 Å².